The van der Waals surface area contributed by atoms with Crippen molar-refractivity contribution in [1.82, 2.24) is 24.8 Å². The van der Waals surface area contributed by atoms with Gasteiger partial charge in [-0.3, -0.25) is 0 Å². The van der Waals surface area contributed by atoms with Crippen molar-refractivity contribution < 1.29 is 9.13 Å². The van der Waals surface area contributed by atoms with Crippen LogP contribution in [0.1, 0.15) is 0 Å². The number of halogens is 1. The Kier molecular flexibility index (Phi) is 5.70. The molecule has 4 aromatic rings. The van der Waals surface area contributed by atoms with Crippen molar-refractivity contribution in [3.63, 3.8) is 0 Å². The van der Waals surface area contributed by atoms with Crippen LogP contribution in [-0.4, -0.2) is 65.2 Å². The molecule has 3 heterocycles. The summed E-state index contributed by atoms with van der Waals surface area (Å²) in [7, 11) is 3.64. The van der Waals surface area contributed by atoms with E-state index < -0.39 is 0 Å². The van der Waals surface area contributed by atoms with E-state index in [-0.39, 0.29) is 5.82 Å². The zero-order chi connectivity index (χ0) is 22.8. The van der Waals surface area contributed by atoms with E-state index in [4.69, 9.17) is 4.74 Å². The first kappa shape index (κ1) is 21.0. The fourth-order valence-electron chi connectivity index (χ4n) is 3.97. The Morgan fingerprint density at radius 1 is 0.970 bits per heavy atom. The first-order valence-corrected chi connectivity index (χ1v) is 10.7. The molecule has 1 N–H and O–H groups in total. The van der Waals surface area contributed by atoms with Crippen molar-refractivity contribution in [3.05, 3.63) is 60.8 Å². The van der Waals surface area contributed by atoms with E-state index in [2.05, 4.69) is 42.1 Å². The van der Waals surface area contributed by atoms with Gasteiger partial charge < -0.3 is 19.9 Å². The highest BCUT2D eigenvalue weighted by Gasteiger charge is 2.18. The summed E-state index contributed by atoms with van der Waals surface area (Å²) in [6, 6.07) is 12.1. The van der Waals surface area contributed by atoms with Crippen LogP contribution >= 0.6 is 0 Å². The zero-order valence-electron chi connectivity index (χ0n) is 18.5. The van der Waals surface area contributed by atoms with Crippen molar-refractivity contribution in [2.75, 3.05) is 50.6 Å². The van der Waals surface area contributed by atoms with Crippen molar-refractivity contribution in [1.29, 1.82) is 0 Å². The van der Waals surface area contributed by atoms with Crippen molar-refractivity contribution in [2.45, 2.75) is 0 Å². The van der Waals surface area contributed by atoms with E-state index in [1.165, 1.54) is 19.2 Å². The lowest BCUT2D eigenvalue weighted by atomic mass is 10.1. The Hall–Kier alpha value is -3.85. The largest absolute Gasteiger partial charge is 0.496 e. The molecule has 0 unspecified atom stereocenters. The summed E-state index contributed by atoms with van der Waals surface area (Å²) < 4.78 is 18.9. The second-order valence-corrected chi connectivity index (χ2v) is 7.95. The van der Waals surface area contributed by atoms with Crippen LogP contribution in [0.2, 0.25) is 0 Å². The summed E-state index contributed by atoms with van der Waals surface area (Å²) >= 11 is 0. The van der Waals surface area contributed by atoms with E-state index >= 15 is 0 Å². The predicted octanol–water partition coefficient (Wildman–Crippen LogP) is 3.73. The average molecular weight is 446 g/mol. The number of nitrogens with zero attached hydrogens (tertiary/aromatic N) is 6. The van der Waals surface area contributed by atoms with Gasteiger partial charge in [0.25, 0.3) is 0 Å². The van der Waals surface area contributed by atoms with Crippen LogP contribution in [0.3, 0.4) is 0 Å². The Morgan fingerprint density at radius 2 is 1.82 bits per heavy atom. The molecule has 9 heteroatoms. The molecule has 0 aliphatic carbocycles. The molecule has 1 aliphatic heterocycles. The second kappa shape index (κ2) is 8.95. The van der Waals surface area contributed by atoms with Gasteiger partial charge in [-0.2, -0.15) is 0 Å². The number of piperazine rings is 1. The Labute approximate surface area is 191 Å². The van der Waals surface area contributed by atoms with Gasteiger partial charge in [-0.1, -0.05) is 0 Å². The van der Waals surface area contributed by atoms with E-state index in [9.17, 15) is 4.39 Å². The molecule has 8 nitrogen and oxygen atoms in total. The van der Waals surface area contributed by atoms with Gasteiger partial charge in [-0.15, -0.1) is 0 Å². The lowest BCUT2D eigenvalue weighted by Gasteiger charge is -2.33. The summed E-state index contributed by atoms with van der Waals surface area (Å²) in [6.07, 6.45) is 3.26. The minimum Gasteiger partial charge on any atom is -0.496 e. The third kappa shape index (κ3) is 4.40. The van der Waals surface area contributed by atoms with Crippen LogP contribution in [0.5, 0.6) is 5.75 Å². The van der Waals surface area contributed by atoms with Crippen molar-refractivity contribution >= 4 is 28.4 Å². The molecule has 2 aromatic heterocycles. The molecule has 0 amide bonds. The zero-order valence-corrected chi connectivity index (χ0v) is 18.5. The number of likely N-dealkylation sites (N-methyl/N-ethyl adjacent to an activating group) is 1. The van der Waals surface area contributed by atoms with Crippen molar-refractivity contribution in [2.24, 2.45) is 0 Å². The summed E-state index contributed by atoms with van der Waals surface area (Å²) in [5, 5.41) is 4.25. The Balaban J connectivity index is 1.42. The second-order valence-electron chi connectivity index (χ2n) is 7.95. The molecule has 2 aromatic carbocycles. The number of hydrogen-bond donors (Lipinski definition) is 1. The van der Waals surface area contributed by atoms with Gasteiger partial charge in [0, 0.05) is 55.1 Å². The first-order chi connectivity index (χ1) is 16.1. The van der Waals surface area contributed by atoms with E-state index in [1.807, 2.05) is 18.2 Å². The number of anilines is 3. The minimum absolute atomic E-state index is 0.364. The van der Waals surface area contributed by atoms with Crippen LogP contribution in [-0.2, 0) is 0 Å². The standard InChI is InChI=1S/C24H24FN7O/c1-31-9-11-32(12-10-31)23-19-6-4-17(14-21(19)27-15-28-23)29-24-26-8-7-20(30-24)18-5-3-16(25)13-22(18)33-2/h3-8,13-15H,9-12H2,1-2H3,(H,26,29,30). The number of methoxy groups -OCH3 is 1. The lowest BCUT2D eigenvalue weighted by molar-refractivity contribution is 0.312. The van der Waals surface area contributed by atoms with Gasteiger partial charge in [0.15, 0.2) is 0 Å². The average Bonchev–Trinajstić information content (AvgIpc) is 2.84. The van der Waals surface area contributed by atoms with Crippen LogP contribution in [0.4, 0.5) is 21.8 Å². The Bertz CT molecular complexity index is 1290. The molecule has 5 rings (SSSR count). The van der Waals surface area contributed by atoms with Gasteiger partial charge >= 0.3 is 0 Å². The SMILES string of the molecule is COc1cc(F)ccc1-c1ccnc(Nc2ccc3c(N4CCN(C)CC4)ncnc3c2)n1. The molecule has 0 spiro atoms. The first-order valence-electron chi connectivity index (χ1n) is 10.7. The molecule has 1 saturated heterocycles. The fraction of sp³-hybridized carbons (Fsp3) is 0.250. The smallest absolute Gasteiger partial charge is 0.227 e. The number of ether oxygens (including phenoxy) is 1. The number of fused-ring (bicyclic) bond motifs is 1. The molecular formula is C24H24FN7O. The molecule has 0 bridgehead atoms. The molecule has 0 atom stereocenters. The third-order valence-electron chi connectivity index (χ3n) is 5.77. The molecule has 33 heavy (non-hydrogen) atoms. The quantitative estimate of drug-likeness (QED) is 0.498. The molecule has 1 fully saturated rings. The number of nitrogens with one attached hydrogen (secondary N) is 1. The fourth-order valence-corrected chi connectivity index (χ4v) is 3.97. The van der Waals surface area contributed by atoms with E-state index in [0.29, 0.717) is 23.0 Å². The number of hydrogen-bond acceptors (Lipinski definition) is 8. The van der Waals surface area contributed by atoms with E-state index in [0.717, 1.165) is 48.6 Å². The highest BCUT2D eigenvalue weighted by atomic mass is 19.1. The Morgan fingerprint density at radius 3 is 2.64 bits per heavy atom. The lowest BCUT2D eigenvalue weighted by Crippen LogP contribution is -2.44. The summed E-state index contributed by atoms with van der Waals surface area (Å²) in [6.45, 7) is 3.90. The topological polar surface area (TPSA) is 79.3 Å². The third-order valence-corrected chi connectivity index (χ3v) is 5.77. The van der Waals surface area contributed by atoms with Gasteiger partial charge in [-0.05, 0) is 43.4 Å². The minimum atomic E-state index is -0.364. The van der Waals surface area contributed by atoms with Gasteiger partial charge in [0.1, 0.15) is 23.7 Å². The monoisotopic (exact) mass is 445 g/mol. The van der Waals surface area contributed by atoms with Crippen LogP contribution in [0, 0.1) is 5.82 Å². The van der Waals surface area contributed by atoms with Gasteiger partial charge in [0.05, 0.1) is 18.3 Å². The van der Waals surface area contributed by atoms with Gasteiger partial charge in [-0.25, -0.2) is 24.3 Å². The van der Waals surface area contributed by atoms with Crippen molar-refractivity contribution in [3.8, 4) is 17.0 Å². The molecule has 1 aliphatic rings. The number of rotatable bonds is 5. The van der Waals surface area contributed by atoms with Crippen LogP contribution in [0.15, 0.2) is 55.0 Å². The van der Waals surface area contributed by atoms with Crippen LogP contribution < -0.4 is 15.0 Å². The summed E-state index contributed by atoms with van der Waals surface area (Å²) in [5.41, 5.74) is 2.98. The maximum absolute atomic E-state index is 13.6. The maximum Gasteiger partial charge on any atom is 0.227 e. The maximum atomic E-state index is 13.6. The molecule has 0 saturated carbocycles. The predicted molar refractivity (Wildman–Crippen MR) is 127 cm³/mol. The number of benzene rings is 2. The van der Waals surface area contributed by atoms with Crippen LogP contribution in [0.25, 0.3) is 22.2 Å². The van der Waals surface area contributed by atoms with E-state index in [1.54, 1.807) is 24.7 Å². The molecule has 168 valence electrons. The highest BCUT2D eigenvalue weighted by molar-refractivity contribution is 5.91. The normalized spacial score (nSPS) is 14.5. The summed E-state index contributed by atoms with van der Waals surface area (Å²) in [4.78, 5) is 22.6. The summed E-state index contributed by atoms with van der Waals surface area (Å²) in [5.74, 6) is 1.43. The molecule has 0 radical (unpaired) electrons. The molecular weight excluding hydrogens is 421 g/mol. The highest BCUT2D eigenvalue weighted by Crippen LogP contribution is 2.31. The number of aromatic nitrogens is 4. The van der Waals surface area contributed by atoms with Gasteiger partial charge in [0.2, 0.25) is 5.95 Å².